The van der Waals surface area contributed by atoms with Crippen LogP contribution in [0.15, 0.2) is 72.8 Å². The van der Waals surface area contributed by atoms with Gasteiger partial charge < -0.3 is 44.8 Å². The molecule has 1 fully saturated rings. The first-order valence-electron chi connectivity index (χ1n) is 12.0. The Bertz CT molecular complexity index is 1340. The van der Waals surface area contributed by atoms with Crippen LogP contribution >= 0.6 is 0 Å². The van der Waals surface area contributed by atoms with Crippen LogP contribution in [0.1, 0.15) is 16.7 Å². The normalized spacial score (nSPS) is 23.2. The maximum Gasteiger partial charge on any atom is 0.330 e. The van der Waals surface area contributed by atoms with Gasteiger partial charge in [0.15, 0.2) is 11.5 Å². The van der Waals surface area contributed by atoms with Gasteiger partial charge in [0.1, 0.15) is 42.5 Å². The van der Waals surface area contributed by atoms with Crippen LogP contribution in [0.25, 0.3) is 18.2 Å². The molecule has 1 saturated heterocycles. The van der Waals surface area contributed by atoms with E-state index < -0.39 is 43.3 Å². The monoisotopic (exact) mass is 536 g/mol. The van der Waals surface area contributed by atoms with E-state index in [0.717, 1.165) is 5.56 Å². The van der Waals surface area contributed by atoms with Gasteiger partial charge in [-0.05, 0) is 47.0 Å². The summed E-state index contributed by atoms with van der Waals surface area (Å²) in [5.41, 5.74) is 1.85. The lowest BCUT2D eigenvalue weighted by molar-refractivity contribution is -0.278. The first kappa shape index (κ1) is 27.7. The quantitative estimate of drug-likeness (QED) is 0.109. The Balaban J connectivity index is 1.41. The van der Waals surface area contributed by atoms with Gasteiger partial charge in [-0.3, -0.25) is 0 Å². The first-order chi connectivity index (χ1) is 18.7. The molecule has 1 heterocycles. The summed E-state index contributed by atoms with van der Waals surface area (Å²) in [6.45, 7) is -0.420. The maximum absolute atomic E-state index is 12.1. The van der Waals surface area contributed by atoms with E-state index in [-0.39, 0.29) is 23.0 Å². The third kappa shape index (κ3) is 7.37. The number of hydrogen-bond acceptors (Lipinski definition) is 10. The van der Waals surface area contributed by atoms with Gasteiger partial charge in [-0.15, -0.1) is 0 Å². The smallest absolute Gasteiger partial charge is 0.330 e. The third-order valence-electron chi connectivity index (χ3n) is 5.90. The van der Waals surface area contributed by atoms with Crippen molar-refractivity contribution in [2.24, 2.45) is 0 Å². The summed E-state index contributed by atoms with van der Waals surface area (Å²) in [4.78, 5) is 12.1. The van der Waals surface area contributed by atoms with Crippen LogP contribution < -0.4 is 4.74 Å². The minimum Gasteiger partial charge on any atom is -0.508 e. The highest BCUT2D eigenvalue weighted by atomic mass is 16.7. The number of aliphatic hydroxyl groups excluding tert-OH is 3. The minimum atomic E-state index is -1.66. The summed E-state index contributed by atoms with van der Waals surface area (Å²) < 4.78 is 16.4. The number of aromatic hydroxyl groups is 3. The molecule has 0 saturated carbocycles. The average molecular weight is 537 g/mol. The Morgan fingerprint density at radius 2 is 1.51 bits per heavy atom. The summed E-state index contributed by atoms with van der Waals surface area (Å²) >= 11 is 0. The van der Waals surface area contributed by atoms with Crippen molar-refractivity contribution in [3.8, 4) is 23.0 Å². The number of phenols is 3. The maximum atomic E-state index is 12.1. The summed E-state index contributed by atoms with van der Waals surface area (Å²) in [6, 6.07) is 17.6. The molecule has 5 atom stereocenters. The van der Waals surface area contributed by atoms with E-state index in [1.54, 1.807) is 36.4 Å². The fourth-order valence-corrected chi connectivity index (χ4v) is 3.83. The predicted molar refractivity (Wildman–Crippen MR) is 141 cm³/mol. The van der Waals surface area contributed by atoms with Crippen LogP contribution in [0.2, 0.25) is 0 Å². The summed E-state index contributed by atoms with van der Waals surface area (Å²) in [7, 11) is 0. The van der Waals surface area contributed by atoms with E-state index in [0.29, 0.717) is 11.1 Å². The van der Waals surface area contributed by atoms with Crippen molar-refractivity contribution < 1.29 is 49.6 Å². The highest BCUT2D eigenvalue weighted by Gasteiger charge is 2.45. The Morgan fingerprint density at radius 1 is 0.769 bits per heavy atom. The van der Waals surface area contributed by atoms with E-state index in [9.17, 15) is 35.4 Å². The molecule has 0 bridgehead atoms. The van der Waals surface area contributed by atoms with Gasteiger partial charge in [0.05, 0.1) is 0 Å². The zero-order valence-electron chi connectivity index (χ0n) is 20.6. The molecule has 0 radical (unpaired) electrons. The fraction of sp³-hybridized carbons (Fsp3) is 0.207. The molecule has 3 aromatic carbocycles. The Hall–Kier alpha value is -4.35. The molecule has 10 heteroatoms. The SMILES string of the molecule is O=C(/C=C/c1ccccc1)OC[C@H]1O[C@@H](Oc2cc(O)cc(/C=C/c3ccc(O)c(O)c3)c2)[C@H](O)[C@@H](O)[C@@H]1O. The van der Waals surface area contributed by atoms with Gasteiger partial charge in [-0.25, -0.2) is 4.79 Å². The zero-order chi connectivity index (χ0) is 27.9. The second-order valence-corrected chi connectivity index (χ2v) is 8.85. The van der Waals surface area contributed by atoms with E-state index >= 15 is 0 Å². The molecule has 4 rings (SSSR count). The van der Waals surface area contributed by atoms with Crippen LogP contribution in [-0.4, -0.2) is 73.9 Å². The van der Waals surface area contributed by atoms with Crippen LogP contribution in [0.3, 0.4) is 0 Å². The van der Waals surface area contributed by atoms with Crippen molar-refractivity contribution in [2.75, 3.05) is 6.61 Å². The van der Waals surface area contributed by atoms with Crippen molar-refractivity contribution in [3.63, 3.8) is 0 Å². The highest BCUT2D eigenvalue weighted by Crippen LogP contribution is 2.29. The lowest BCUT2D eigenvalue weighted by atomic mass is 9.99. The standard InChI is InChI=1S/C29H28O10/c30-20-12-19(7-6-18-8-10-22(31)23(32)14-18)13-21(15-20)38-29-28(36)27(35)26(34)24(39-29)16-37-25(33)11-9-17-4-2-1-3-5-17/h1-15,24,26-32,34-36H,16H2/b7-6+,11-9+/t24-,26-,27+,28-,29-/m1/s1. The largest absolute Gasteiger partial charge is 0.508 e. The second kappa shape index (κ2) is 12.5. The van der Waals surface area contributed by atoms with Gasteiger partial charge in [-0.2, -0.15) is 0 Å². The number of ether oxygens (including phenoxy) is 3. The summed E-state index contributed by atoms with van der Waals surface area (Å²) in [6.07, 6.45) is -1.52. The Labute approximate surface area is 223 Å². The number of aliphatic hydroxyl groups is 3. The molecule has 3 aromatic rings. The molecule has 1 aliphatic heterocycles. The molecule has 0 unspecified atom stereocenters. The number of carbonyl (C=O) groups is 1. The van der Waals surface area contributed by atoms with E-state index in [1.165, 1.54) is 36.4 Å². The number of benzene rings is 3. The van der Waals surface area contributed by atoms with Gasteiger partial charge >= 0.3 is 5.97 Å². The summed E-state index contributed by atoms with van der Waals surface area (Å²) in [5, 5.41) is 60.3. The molecule has 39 heavy (non-hydrogen) atoms. The van der Waals surface area contributed by atoms with Gasteiger partial charge in [0.2, 0.25) is 6.29 Å². The van der Waals surface area contributed by atoms with Crippen LogP contribution in [0, 0.1) is 0 Å². The van der Waals surface area contributed by atoms with Gasteiger partial charge in [0, 0.05) is 12.1 Å². The summed E-state index contributed by atoms with van der Waals surface area (Å²) in [5.74, 6) is -1.32. The van der Waals surface area contributed by atoms with Crippen molar-refractivity contribution >= 4 is 24.2 Å². The van der Waals surface area contributed by atoms with Crippen LogP contribution in [-0.2, 0) is 14.3 Å². The fourth-order valence-electron chi connectivity index (χ4n) is 3.83. The molecule has 1 aliphatic rings. The Kier molecular flexibility index (Phi) is 8.84. The van der Waals surface area contributed by atoms with Crippen molar-refractivity contribution in [1.29, 1.82) is 0 Å². The van der Waals surface area contributed by atoms with Crippen molar-refractivity contribution in [2.45, 2.75) is 30.7 Å². The number of esters is 1. The minimum absolute atomic E-state index is 0.0809. The van der Waals surface area contributed by atoms with Crippen molar-refractivity contribution in [1.82, 2.24) is 0 Å². The first-order valence-corrected chi connectivity index (χ1v) is 12.0. The molecule has 0 aliphatic carbocycles. The molecule has 0 amide bonds. The van der Waals surface area contributed by atoms with E-state index in [2.05, 4.69) is 0 Å². The molecule has 204 valence electrons. The van der Waals surface area contributed by atoms with E-state index in [4.69, 9.17) is 14.2 Å². The lowest BCUT2D eigenvalue weighted by Gasteiger charge is -2.39. The number of carbonyl (C=O) groups excluding carboxylic acids is 1. The highest BCUT2D eigenvalue weighted by molar-refractivity contribution is 5.87. The number of rotatable bonds is 8. The van der Waals surface area contributed by atoms with Crippen molar-refractivity contribution in [3.05, 3.63) is 89.5 Å². The van der Waals surface area contributed by atoms with Gasteiger partial charge in [0.25, 0.3) is 0 Å². The molecule has 6 N–H and O–H groups in total. The second-order valence-electron chi connectivity index (χ2n) is 8.85. The zero-order valence-corrected chi connectivity index (χ0v) is 20.6. The predicted octanol–water partition coefficient (Wildman–Crippen LogP) is 2.42. The molecular formula is C29H28O10. The van der Waals surface area contributed by atoms with Crippen LogP contribution in [0.5, 0.6) is 23.0 Å². The number of phenolic OH excluding ortho intramolecular Hbond substituents is 3. The molecule has 0 aromatic heterocycles. The molecular weight excluding hydrogens is 508 g/mol. The van der Waals surface area contributed by atoms with E-state index in [1.807, 2.05) is 18.2 Å². The molecule has 0 spiro atoms. The van der Waals surface area contributed by atoms with Gasteiger partial charge in [-0.1, -0.05) is 48.6 Å². The molecule has 10 nitrogen and oxygen atoms in total. The topological polar surface area (TPSA) is 166 Å². The third-order valence-corrected chi connectivity index (χ3v) is 5.90. The lowest BCUT2D eigenvalue weighted by Crippen LogP contribution is -2.60. The Morgan fingerprint density at radius 3 is 2.26 bits per heavy atom. The van der Waals surface area contributed by atoms with Crippen LogP contribution in [0.4, 0.5) is 0 Å². The average Bonchev–Trinajstić information content (AvgIpc) is 2.92. The number of hydrogen-bond donors (Lipinski definition) is 6.